The summed E-state index contributed by atoms with van der Waals surface area (Å²) in [5.74, 6) is 2.28. The van der Waals surface area contributed by atoms with Crippen LogP contribution in [-0.4, -0.2) is 27.8 Å². The fourth-order valence-corrected chi connectivity index (χ4v) is 4.86. The van der Waals surface area contributed by atoms with Crippen LogP contribution in [-0.2, 0) is 4.79 Å². The van der Waals surface area contributed by atoms with E-state index in [1.807, 2.05) is 66.7 Å². The number of nitrogens with one attached hydrogen (secondary N) is 1. The van der Waals surface area contributed by atoms with Gasteiger partial charge in [-0.3, -0.25) is 14.2 Å². The van der Waals surface area contributed by atoms with E-state index < -0.39 is 0 Å². The van der Waals surface area contributed by atoms with Gasteiger partial charge in [0.15, 0.2) is 5.16 Å². The monoisotopic (exact) mass is 431 g/mol. The number of terminal acetylenes is 1. The number of benzene rings is 2. The number of nitrogens with zero attached hydrogens (tertiary/aromatic N) is 2. The number of thioether (sulfide) groups is 1. The Hall–Kier alpha value is -3.34. The van der Waals surface area contributed by atoms with Crippen molar-refractivity contribution in [2.75, 3.05) is 12.3 Å². The highest BCUT2D eigenvalue weighted by Gasteiger charge is 2.17. The molecule has 0 saturated heterocycles. The van der Waals surface area contributed by atoms with Crippen molar-refractivity contribution in [3.05, 3.63) is 77.1 Å². The van der Waals surface area contributed by atoms with Crippen molar-refractivity contribution in [1.29, 1.82) is 0 Å². The van der Waals surface area contributed by atoms with Crippen LogP contribution in [0.5, 0.6) is 0 Å². The smallest absolute Gasteiger partial charge is 0.267 e. The molecule has 7 heteroatoms. The molecule has 0 radical (unpaired) electrons. The number of aromatic nitrogens is 2. The second-order valence-corrected chi connectivity index (χ2v) is 8.31. The summed E-state index contributed by atoms with van der Waals surface area (Å²) >= 11 is 2.68. The van der Waals surface area contributed by atoms with Crippen LogP contribution in [0.15, 0.2) is 76.7 Å². The van der Waals surface area contributed by atoms with Gasteiger partial charge in [-0.2, -0.15) is 0 Å². The quantitative estimate of drug-likeness (QED) is 0.285. The maximum Gasteiger partial charge on any atom is 0.267 e. The summed E-state index contributed by atoms with van der Waals surface area (Å²) < 4.78 is 1.56. The van der Waals surface area contributed by atoms with Crippen LogP contribution >= 0.6 is 23.1 Å². The van der Waals surface area contributed by atoms with E-state index in [1.165, 1.54) is 23.1 Å². The Kier molecular flexibility index (Phi) is 5.98. The van der Waals surface area contributed by atoms with Crippen molar-refractivity contribution in [3.8, 4) is 28.5 Å². The summed E-state index contributed by atoms with van der Waals surface area (Å²) in [5, 5.41) is 3.66. The highest BCUT2D eigenvalue weighted by atomic mass is 32.2. The standard InChI is InChI=1S/C23H17N3O2S2/c1-2-13-24-20(27)15-29-23-25-21-18(14-19(30-21)16-9-5-3-6-10-16)22(28)26(23)17-11-7-4-8-12-17/h1,3-12,14H,13,15H2,(H,24,27). The molecule has 30 heavy (non-hydrogen) atoms. The molecular weight excluding hydrogens is 414 g/mol. The molecule has 4 aromatic rings. The number of fused-ring (bicyclic) bond motifs is 1. The van der Waals surface area contributed by atoms with E-state index in [9.17, 15) is 9.59 Å². The first-order valence-corrected chi connectivity index (χ1v) is 11.0. The number of carbonyl (C=O) groups is 1. The molecular formula is C23H17N3O2S2. The van der Waals surface area contributed by atoms with Gasteiger partial charge >= 0.3 is 0 Å². The molecule has 0 saturated carbocycles. The van der Waals surface area contributed by atoms with E-state index in [0.29, 0.717) is 21.1 Å². The Balaban J connectivity index is 1.81. The van der Waals surface area contributed by atoms with Gasteiger partial charge in [-0.1, -0.05) is 66.2 Å². The minimum atomic E-state index is -0.205. The number of hydrogen-bond acceptors (Lipinski definition) is 5. The zero-order chi connectivity index (χ0) is 20.9. The van der Waals surface area contributed by atoms with Crippen molar-refractivity contribution in [3.63, 3.8) is 0 Å². The average Bonchev–Trinajstić information content (AvgIpc) is 3.22. The van der Waals surface area contributed by atoms with Crippen LogP contribution in [0.25, 0.3) is 26.3 Å². The molecule has 0 aliphatic carbocycles. The van der Waals surface area contributed by atoms with Crippen LogP contribution in [0, 0.1) is 12.3 Å². The van der Waals surface area contributed by atoms with Crippen molar-refractivity contribution in [2.45, 2.75) is 5.16 Å². The van der Waals surface area contributed by atoms with Gasteiger partial charge in [0, 0.05) is 4.88 Å². The number of thiophene rings is 1. The number of rotatable bonds is 6. The summed E-state index contributed by atoms with van der Waals surface area (Å²) in [6.45, 7) is 0.169. The number of hydrogen-bond donors (Lipinski definition) is 1. The van der Waals surface area contributed by atoms with Crippen molar-refractivity contribution < 1.29 is 4.79 Å². The molecule has 148 valence electrons. The minimum Gasteiger partial charge on any atom is -0.344 e. The Labute approximate surface area is 181 Å². The number of para-hydroxylation sites is 1. The molecule has 0 fully saturated rings. The Bertz CT molecular complexity index is 1290. The molecule has 2 heterocycles. The number of amides is 1. The molecule has 0 atom stereocenters. The van der Waals surface area contributed by atoms with Gasteiger partial charge in [-0.15, -0.1) is 17.8 Å². The van der Waals surface area contributed by atoms with Crippen molar-refractivity contribution in [2.24, 2.45) is 0 Å². The molecule has 0 unspecified atom stereocenters. The van der Waals surface area contributed by atoms with Crippen LogP contribution in [0.3, 0.4) is 0 Å². The first kappa shape index (κ1) is 20.0. The molecule has 5 nitrogen and oxygen atoms in total. The van der Waals surface area contributed by atoms with E-state index in [-0.39, 0.29) is 23.8 Å². The lowest BCUT2D eigenvalue weighted by molar-refractivity contribution is -0.118. The molecule has 1 amide bonds. The third-order valence-electron chi connectivity index (χ3n) is 4.33. The van der Waals surface area contributed by atoms with Gasteiger partial charge in [0.25, 0.3) is 5.56 Å². The topological polar surface area (TPSA) is 64.0 Å². The normalized spacial score (nSPS) is 10.6. The average molecular weight is 432 g/mol. The van der Waals surface area contributed by atoms with Crippen LogP contribution in [0.4, 0.5) is 0 Å². The van der Waals surface area contributed by atoms with Gasteiger partial charge in [0.05, 0.1) is 23.4 Å². The maximum absolute atomic E-state index is 13.4. The van der Waals surface area contributed by atoms with Crippen LogP contribution in [0.2, 0.25) is 0 Å². The molecule has 0 spiro atoms. The predicted octanol–water partition coefficient (Wildman–Crippen LogP) is 3.96. The summed E-state index contributed by atoms with van der Waals surface area (Å²) in [6, 6.07) is 21.1. The van der Waals surface area contributed by atoms with Gasteiger partial charge in [-0.25, -0.2) is 4.98 Å². The molecule has 1 N–H and O–H groups in total. The summed E-state index contributed by atoms with van der Waals surface area (Å²) in [5.41, 5.74) is 1.58. The predicted molar refractivity (Wildman–Crippen MR) is 123 cm³/mol. The van der Waals surface area contributed by atoms with E-state index in [1.54, 1.807) is 4.57 Å². The Morgan fingerprint density at radius 2 is 1.83 bits per heavy atom. The minimum absolute atomic E-state index is 0.114. The fourth-order valence-electron chi connectivity index (χ4n) is 2.94. The largest absolute Gasteiger partial charge is 0.344 e. The third-order valence-corrected chi connectivity index (χ3v) is 6.34. The summed E-state index contributed by atoms with van der Waals surface area (Å²) in [6.07, 6.45) is 5.19. The molecule has 0 bridgehead atoms. The van der Waals surface area contributed by atoms with Gasteiger partial charge in [0.1, 0.15) is 4.83 Å². The lowest BCUT2D eigenvalue weighted by Crippen LogP contribution is -2.26. The molecule has 2 aromatic carbocycles. The van der Waals surface area contributed by atoms with E-state index >= 15 is 0 Å². The zero-order valence-corrected chi connectivity index (χ0v) is 17.5. The van der Waals surface area contributed by atoms with Gasteiger partial charge < -0.3 is 5.32 Å². The van der Waals surface area contributed by atoms with E-state index in [4.69, 9.17) is 11.4 Å². The second-order valence-electron chi connectivity index (χ2n) is 6.34. The Morgan fingerprint density at radius 1 is 1.13 bits per heavy atom. The van der Waals surface area contributed by atoms with E-state index in [0.717, 1.165) is 10.4 Å². The van der Waals surface area contributed by atoms with E-state index in [2.05, 4.69) is 11.2 Å². The lowest BCUT2D eigenvalue weighted by Gasteiger charge is -2.11. The first-order valence-electron chi connectivity index (χ1n) is 9.18. The Morgan fingerprint density at radius 3 is 2.53 bits per heavy atom. The van der Waals surface area contributed by atoms with Crippen molar-refractivity contribution >= 4 is 39.2 Å². The molecule has 0 aliphatic rings. The first-order chi connectivity index (χ1) is 14.7. The third kappa shape index (κ3) is 4.15. The zero-order valence-electron chi connectivity index (χ0n) is 15.9. The van der Waals surface area contributed by atoms with Gasteiger partial charge in [-0.05, 0) is 23.8 Å². The SMILES string of the molecule is C#CCNC(=O)CSc1nc2sc(-c3ccccc3)cc2c(=O)n1-c1ccccc1. The second kappa shape index (κ2) is 8.99. The lowest BCUT2D eigenvalue weighted by atomic mass is 10.2. The van der Waals surface area contributed by atoms with Gasteiger partial charge in [0.2, 0.25) is 5.91 Å². The maximum atomic E-state index is 13.4. The summed E-state index contributed by atoms with van der Waals surface area (Å²) in [4.78, 5) is 31.8. The molecule has 4 rings (SSSR count). The fraction of sp³-hybridized carbons (Fsp3) is 0.0870. The molecule has 0 aliphatic heterocycles. The van der Waals surface area contributed by atoms with Crippen LogP contribution in [0.1, 0.15) is 0 Å². The number of carbonyl (C=O) groups excluding carboxylic acids is 1. The highest BCUT2D eigenvalue weighted by Crippen LogP contribution is 2.32. The van der Waals surface area contributed by atoms with Crippen molar-refractivity contribution in [1.82, 2.24) is 14.9 Å². The van der Waals surface area contributed by atoms with Crippen LogP contribution < -0.4 is 10.9 Å². The molecule has 2 aromatic heterocycles. The summed E-state index contributed by atoms with van der Waals surface area (Å²) in [7, 11) is 0. The highest BCUT2D eigenvalue weighted by molar-refractivity contribution is 7.99.